The maximum Gasteiger partial charge on any atom is 0.241 e. The minimum atomic E-state index is -0.390. The molecule has 0 unspecified atom stereocenters. The Balaban J connectivity index is 1.13. The Bertz CT molecular complexity index is 975. The Hall–Kier alpha value is -2.78. The summed E-state index contributed by atoms with van der Waals surface area (Å²) in [5.41, 5.74) is 0.490. The topological polar surface area (TPSA) is 92.0 Å². The number of hydrogen-bond donors (Lipinski definition) is 0. The van der Waals surface area contributed by atoms with Crippen molar-refractivity contribution in [2.75, 3.05) is 40.0 Å². The highest BCUT2D eigenvalue weighted by Gasteiger charge is 2.52. The molecule has 1 saturated carbocycles. The Morgan fingerprint density at radius 3 is 2.41 bits per heavy atom. The van der Waals surface area contributed by atoms with Gasteiger partial charge in [0.1, 0.15) is 5.75 Å². The van der Waals surface area contributed by atoms with Crippen LogP contribution in [0.1, 0.15) is 38.0 Å². The van der Waals surface area contributed by atoms with Gasteiger partial charge in [-0.1, -0.05) is 18.0 Å². The number of likely N-dealkylation sites (tertiary alicyclic amines) is 1. The second-order valence-electron chi connectivity index (χ2n) is 9.07. The van der Waals surface area contributed by atoms with E-state index in [0.29, 0.717) is 31.3 Å². The van der Waals surface area contributed by atoms with Gasteiger partial charge in [0.2, 0.25) is 23.5 Å². The van der Waals surface area contributed by atoms with E-state index in [0.717, 1.165) is 63.2 Å². The lowest BCUT2D eigenvalue weighted by Gasteiger charge is -2.35. The number of benzene rings is 1. The maximum atomic E-state index is 12.9. The van der Waals surface area contributed by atoms with Gasteiger partial charge in [-0.25, -0.2) is 0 Å². The van der Waals surface area contributed by atoms with E-state index in [9.17, 15) is 9.59 Å². The summed E-state index contributed by atoms with van der Waals surface area (Å²) in [6.45, 7) is 4.23. The summed E-state index contributed by atoms with van der Waals surface area (Å²) < 4.78 is 10.6. The standard InChI is InChI=1S/C23H29N5O4/c1-31-18-6-4-17(5-7-18)21-24-19(32-25-21)15-26-10-12-27(13-11-26)16-28-20(29)14-23(22(28)30)8-2-3-9-23/h4-7H,2-3,8-16H2,1H3. The number of methoxy groups -OCH3 is 1. The molecule has 3 fully saturated rings. The molecule has 3 heterocycles. The van der Waals surface area contributed by atoms with Crippen LogP contribution in [0.4, 0.5) is 0 Å². The van der Waals surface area contributed by atoms with Crippen molar-refractivity contribution in [1.29, 1.82) is 0 Å². The molecule has 9 nitrogen and oxygen atoms in total. The smallest absolute Gasteiger partial charge is 0.241 e. The Morgan fingerprint density at radius 1 is 1.03 bits per heavy atom. The zero-order valence-electron chi connectivity index (χ0n) is 18.5. The summed E-state index contributed by atoms with van der Waals surface area (Å²) in [4.78, 5) is 35.9. The zero-order valence-corrected chi connectivity index (χ0v) is 18.5. The molecule has 1 aliphatic carbocycles. The summed E-state index contributed by atoms with van der Waals surface area (Å²) in [6.07, 6.45) is 4.25. The predicted octanol–water partition coefficient (Wildman–Crippen LogP) is 2.14. The number of amides is 2. The Labute approximate surface area is 187 Å². The molecule has 3 aliphatic rings. The van der Waals surface area contributed by atoms with Crippen LogP contribution in [0.3, 0.4) is 0 Å². The van der Waals surface area contributed by atoms with Crippen LogP contribution in [0.5, 0.6) is 5.75 Å². The first kappa shape index (κ1) is 21.1. The van der Waals surface area contributed by atoms with E-state index < -0.39 is 5.41 Å². The van der Waals surface area contributed by atoms with Crippen LogP contribution in [0.25, 0.3) is 11.4 Å². The summed E-state index contributed by atoms with van der Waals surface area (Å²) >= 11 is 0. The number of hydrogen-bond acceptors (Lipinski definition) is 8. The lowest BCUT2D eigenvalue weighted by atomic mass is 9.85. The number of aromatic nitrogens is 2. The first-order valence-electron chi connectivity index (χ1n) is 11.3. The Morgan fingerprint density at radius 2 is 1.72 bits per heavy atom. The van der Waals surface area contributed by atoms with E-state index in [-0.39, 0.29) is 11.8 Å². The van der Waals surface area contributed by atoms with Gasteiger partial charge < -0.3 is 9.26 Å². The van der Waals surface area contributed by atoms with Crippen molar-refractivity contribution in [2.24, 2.45) is 5.41 Å². The molecule has 1 aromatic carbocycles. The SMILES string of the molecule is COc1ccc(-c2noc(CN3CCN(CN4C(=O)CC5(CCCC5)C4=O)CC3)n2)cc1. The number of piperazine rings is 1. The molecule has 0 atom stereocenters. The van der Waals surface area contributed by atoms with Gasteiger partial charge in [0.05, 0.1) is 25.7 Å². The van der Waals surface area contributed by atoms with E-state index in [1.165, 1.54) is 4.90 Å². The van der Waals surface area contributed by atoms with Crippen LogP contribution >= 0.6 is 0 Å². The van der Waals surface area contributed by atoms with Crippen molar-refractivity contribution in [1.82, 2.24) is 24.8 Å². The molecule has 2 saturated heterocycles. The van der Waals surface area contributed by atoms with Crippen molar-refractivity contribution in [3.05, 3.63) is 30.2 Å². The largest absolute Gasteiger partial charge is 0.497 e. The molecule has 1 aromatic heterocycles. The lowest BCUT2D eigenvalue weighted by Crippen LogP contribution is -2.51. The molecule has 1 spiro atoms. The van der Waals surface area contributed by atoms with E-state index in [2.05, 4.69) is 19.9 Å². The second-order valence-corrected chi connectivity index (χ2v) is 9.07. The highest BCUT2D eigenvalue weighted by atomic mass is 16.5. The minimum absolute atomic E-state index is 0.00347. The summed E-state index contributed by atoms with van der Waals surface area (Å²) in [5.74, 6) is 1.98. The van der Waals surface area contributed by atoms with Gasteiger partial charge in [-0.3, -0.25) is 24.3 Å². The quantitative estimate of drug-likeness (QED) is 0.632. The number of rotatable bonds is 6. The molecule has 2 aromatic rings. The van der Waals surface area contributed by atoms with E-state index in [4.69, 9.17) is 9.26 Å². The third-order valence-corrected chi connectivity index (χ3v) is 7.03. The van der Waals surface area contributed by atoms with Crippen LogP contribution in [0, 0.1) is 5.41 Å². The second kappa shape index (κ2) is 8.63. The molecule has 0 N–H and O–H groups in total. The van der Waals surface area contributed by atoms with Gasteiger partial charge in [0.15, 0.2) is 0 Å². The first-order valence-corrected chi connectivity index (χ1v) is 11.3. The molecule has 9 heteroatoms. The molecule has 2 amide bonds. The predicted molar refractivity (Wildman–Crippen MR) is 115 cm³/mol. The normalized spacial score (nSPS) is 21.7. The third-order valence-electron chi connectivity index (χ3n) is 7.03. The van der Waals surface area contributed by atoms with Crippen LogP contribution in [0.15, 0.2) is 28.8 Å². The highest BCUT2D eigenvalue weighted by molar-refractivity contribution is 6.06. The zero-order chi connectivity index (χ0) is 22.1. The number of imide groups is 1. The van der Waals surface area contributed by atoms with Crippen molar-refractivity contribution in [3.8, 4) is 17.1 Å². The van der Waals surface area contributed by atoms with Gasteiger partial charge in [0, 0.05) is 38.2 Å². The fourth-order valence-electron chi connectivity index (χ4n) is 5.10. The average Bonchev–Trinajstić information content (AvgIpc) is 3.53. The van der Waals surface area contributed by atoms with Gasteiger partial charge in [0.25, 0.3) is 0 Å². The van der Waals surface area contributed by atoms with Crippen molar-refractivity contribution in [3.63, 3.8) is 0 Å². The first-order chi connectivity index (χ1) is 15.6. The monoisotopic (exact) mass is 439 g/mol. The average molecular weight is 440 g/mol. The summed E-state index contributed by atoms with van der Waals surface area (Å²) in [6, 6.07) is 7.55. The third kappa shape index (κ3) is 4.02. The summed E-state index contributed by atoms with van der Waals surface area (Å²) in [5, 5.41) is 4.10. The number of ether oxygens (including phenoxy) is 1. The molecule has 5 rings (SSSR count). The number of nitrogens with zero attached hydrogens (tertiary/aromatic N) is 5. The van der Waals surface area contributed by atoms with Crippen LogP contribution < -0.4 is 4.74 Å². The van der Waals surface area contributed by atoms with Crippen LogP contribution in [-0.4, -0.2) is 76.6 Å². The van der Waals surface area contributed by atoms with Crippen molar-refractivity contribution < 1.29 is 18.8 Å². The fraction of sp³-hybridized carbons (Fsp3) is 0.565. The molecular weight excluding hydrogens is 410 g/mol. The molecule has 170 valence electrons. The Kier molecular flexibility index (Phi) is 5.69. The number of carbonyl (C=O) groups excluding carboxylic acids is 2. The fourth-order valence-corrected chi connectivity index (χ4v) is 5.10. The van der Waals surface area contributed by atoms with E-state index in [1.807, 2.05) is 24.3 Å². The van der Waals surface area contributed by atoms with Crippen molar-refractivity contribution >= 4 is 11.8 Å². The molecule has 2 aliphatic heterocycles. The van der Waals surface area contributed by atoms with Crippen molar-refractivity contribution in [2.45, 2.75) is 38.6 Å². The summed E-state index contributed by atoms with van der Waals surface area (Å²) in [7, 11) is 1.63. The highest BCUT2D eigenvalue weighted by Crippen LogP contribution is 2.46. The number of carbonyl (C=O) groups is 2. The van der Waals surface area contributed by atoms with Gasteiger partial charge >= 0.3 is 0 Å². The molecule has 0 bridgehead atoms. The van der Waals surface area contributed by atoms with E-state index >= 15 is 0 Å². The lowest BCUT2D eigenvalue weighted by molar-refractivity contribution is -0.144. The van der Waals surface area contributed by atoms with Gasteiger partial charge in [-0.15, -0.1) is 0 Å². The van der Waals surface area contributed by atoms with Crippen LogP contribution in [-0.2, 0) is 16.1 Å². The maximum absolute atomic E-state index is 12.9. The minimum Gasteiger partial charge on any atom is -0.497 e. The van der Waals surface area contributed by atoms with E-state index in [1.54, 1.807) is 7.11 Å². The molecule has 32 heavy (non-hydrogen) atoms. The molecule has 0 radical (unpaired) electrons. The van der Waals surface area contributed by atoms with Gasteiger partial charge in [-0.05, 0) is 37.1 Å². The van der Waals surface area contributed by atoms with Crippen LogP contribution in [0.2, 0.25) is 0 Å². The van der Waals surface area contributed by atoms with Gasteiger partial charge in [-0.2, -0.15) is 4.98 Å². The molecular formula is C23H29N5O4.